The maximum Gasteiger partial charge on any atom is 0.527 e. The van der Waals surface area contributed by atoms with Crippen LogP contribution in [-0.4, -0.2) is 11.2 Å². The van der Waals surface area contributed by atoms with E-state index in [-0.39, 0.29) is 5.90 Å². The van der Waals surface area contributed by atoms with Gasteiger partial charge in [-0.3, -0.25) is 5.41 Å². The molecule has 0 spiro atoms. The number of hydrogen-bond acceptors (Lipinski definition) is 3. The van der Waals surface area contributed by atoms with Crippen molar-refractivity contribution < 1.29 is 9.53 Å². The largest absolute Gasteiger partial charge is 0.527 e. The quantitative estimate of drug-likeness (QED) is 0.340. The van der Waals surface area contributed by atoms with Crippen molar-refractivity contribution in [1.29, 1.82) is 5.41 Å². The minimum absolute atomic E-state index is 0.107. The van der Waals surface area contributed by atoms with Gasteiger partial charge in [-0.2, -0.15) is 4.79 Å². The summed E-state index contributed by atoms with van der Waals surface area (Å²) in [4.78, 5) is 10.6. The maximum atomic E-state index is 10.6. The third kappa shape index (κ3) is 2.21. The van der Waals surface area contributed by atoms with Crippen molar-refractivity contribution in [2.45, 2.75) is 19.3 Å². The van der Waals surface area contributed by atoms with Gasteiger partial charge in [0.2, 0.25) is 5.90 Å². The molecule has 4 heteroatoms. The summed E-state index contributed by atoms with van der Waals surface area (Å²) in [5.74, 6) is -0.107. The topological polar surface area (TPSA) is 50.1 Å². The Bertz CT molecular complexity index is 429. The van der Waals surface area contributed by atoms with Crippen molar-refractivity contribution in [3.05, 3.63) is 34.9 Å². The second-order valence-electron chi connectivity index (χ2n) is 3.56. The van der Waals surface area contributed by atoms with E-state index >= 15 is 0 Å². The lowest BCUT2D eigenvalue weighted by molar-refractivity contribution is 0.224. The van der Waals surface area contributed by atoms with Gasteiger partial charge in [0.1, 0.15) is 0 Å². The van der Waals surface area contributed by atoms with E-state index in [9.17, 15) is 4.79 Å². The van der Waals surface area contributed by atoms with Crippen molar-refractivity contribution in [1.82, 2.24) is 0 Å². The first-order chi connectivity index (χ1) is 7.16. The van der Waals surface area contributed by atoms with E-state index in [1.807, 2.05) is 18.2 Å². The highest BCUT2D eigenvalue weighted by molar-refractivity contribution is 7.76. The smallest absolute Gasteiger partial charge is 0.367 e. The summed E-state index contributed by atoms with van der Waals surface area (Å²) in [6, 6.07) is 5.76. The lowest BCUT2D eigenvalue weighted by atomic mass is 10.1. The minimum atomic E-state index is -0.638. The molecule has 0 aliphatic heterocycles. The average Bonchev–Trinajstić information content (AvgIpc) is 2.62. The molecule has 15 heavy (non-hydrogen) atoms. The van der Waals surface area contributed by atoms with Gasteiger partial charge < -0.3 is 4.74 Å². The van der Waals surface area contributed by atoms with Crippen molar-refractivity contribution in [2.75, 3.05) is 0 Å². The summed E-state index contributed by atoms with van der Waals surface area (Å²) in [5, 5.41) is 6.91. The zero-order chi connectivity index (χ0) is 10.8. The number of fused-ring (bicyclic) bond motifs is 1. The van der Waals surface area contributed by atoms with Gasteiger partial charge in [0.05, 0.1) is 12.6 Å². The monoisotopic (exact) mass is 222 g/mol. The predicted molar refractivity (Wildman–Crippen MR) is 61.9 cm³/mol. The average molecular weight is 222 g/mol. The van der Waals surface area contributed by atoms with E-state index in [4.69, 9.17) is 5.41 Å². The molecule has 0 saturated carbocycles. The van der Waals surface area contributed by atoms with E-state index in [0.29, 0.717) is 5.56 Å². The normalized spacial score (nSPS) is 13.4. The highest BCUT2D eigenvalue weighted by Crippen LogP contribution is 2.23. The van der Waals surface area contributed by atoms with E-state index in [1.54, 1.807) is 0 Å². The Morgan fingerprint density at radius 3 is 2.80 bits per heavy atom. The van der Waals surface area contributed by atoms with Gasteiger partial charge in [0.15, 0.2) is 0 Å². The zero-order valence-corrected chi connectivity index (χ0v) is 9.17. The fourth-order valence-electron chi connectivity index (χ4n) is 1.86. The number of hydrogen-bond donors (Lipinski definition) is 1. The van der Waals surface area contributed by atoms with Crippen LogP contribution in [0.2, 0.25) is 0 Å². The molecule has 0 radical (unpaired) electrons. The second-order valence-corrected chi connectivity index (χ2v) is 3.96. The second kappa shape index (κ2) is 4.06. The van der Waals surface area contributed by atoms with Gasteiger partial charge in [0.25, 0.3) is 0 Å². The summed E-state index contributed by atoms with van der Waals surface area (Å²) >= 11 is 2.68. The SMILES string of the molecule is N=C(OC(=O)[SH2+])c1ccc2c(c1)CCC2. The van der Waals surface area contributed by atoms with E-state index in [0.717, 1.165) is 12.8 Å². The van der Waals surface area contributed by atoms with Gasteiger partial charge in [-0.25, -0.2) is 0 Å². The van der Waals surface area contributed by atoms with Crippen molar-refractivity contribution in [3.63, 3.8) is 0 Å². The lowest BCUT2D eigenvalue weighted by Gasteiger charge is -2.03. The van der Waals surface area contributed by atoms with Crippen LogP contribution in [0, 0.1) is 5.41 Å². The Morgan fingerprint density at radius 1 is 1.33 bits per heavy atom. The Kier molecular flexibility index (Phi) is 2.77. The molecule has 1 N–H and O–H groups in total. The van der Waals surface area contributed by atoms with E-state index < -0.39 is 5.30 Å². The molecule has 0 aromatic heterocycles. The van der Waals surface area contributed by atoms with Crippen LogP contribution >= 0.6 is 0 Å². The standard InChI is InChI=1S/C11H11NO2S/c12-10(14-11(13)15)9-5-4-7-2-1-3-8(7)6-9/h4-6,12H,1-3H2,(H,13,15)/p+1. The zero-order valence-electron chi connectivity index (χ0n) is 8.17. The summed E-state index contributed by atoms with van der Waals surface area (Å²) in [5.41, 5.74) is 3.26. The fraction of sp³-hybridized carbons (Fsp3) is 0.273. The van der Waals surface area contributed by atoms with Crippen LogP contribution in [0.15, 0.2) is 18.2 Å². The number of carbonyl (C=O) groups is 1. The molecule has 0 heterocycles. The molecule has 3 nitrogen and oxygen atoms in total. The summed E-state index contributed by atoms with van der Waals surface area (Å²) in [7, 11) is 0. The van der Waals surface area contributed by atoms with Gasteiger partial charge in [-0.15, -0.1) is 0 Å². The van der Waals surface area contributed by atoms with Crippen LogP contribution in [0.3, 0.4) is 0 Å². The van der Waals surface area contributed by atoms with Crippen LogP contribution in [0.5, 0.6) is 0 Å². The Hall–Kier alpha value is -1.29. The Morgan fingerprint density at radius 2 is 2.07 bits per heavy atom. The summed E-state index contributed by atoms with van der Waals surface area (Å²) < 4.78 is 4.65. The molecule has 1 aromatic rings. The van der Waals surface area contributed by atoms with Crippen molar-refractivity contribution in [2.24, 2.45) is 0 Å². The molecule has 2 rings (SSSR count). The number of aryl methyl sites for hydroxylation is 2. The number of nitrogens with one attached hydrogen (secondary N) is 1. The van der Waals surface area contributed by atoms with Crippen LogP contribution < -0.4 is 0 Å². The highest BCUT2D eigenvalue weighted by atomic mass is 32.1. The van der Waals surface area contributed by atoms with Crippen LogP contribution in [0.25, 0.3) is 0 Å². The number of benzene rings is 1. The third-order valence-corrected chi connectivity index (χ3v) is 2.66. The molecule has 1 aromatic carbocycles. The maximum absolute atomic E-state index is 10.6. The molecular formula is C11H12NO2S+. The fourth-order valence-corrected chi connectivity index (χ4v) is 1.97. The number of carbonyl (C=O) groups excluding carboxylic acids is 1. The van der Waals surface area contributed by atoms with E-state index in [2.05, 4.69) is 17.4 Å². The first-order valence-corrected chi connectivity index (χ1v) is 5.31. The first-order valence-electron chi connectivity index (χ1n) is 4.81. The molecule has 0 saturated heterocycles. The van der Waals surface area contributed by atoms with Crippen molar-refractivity contribution in [3.8, 4) is 0 Å². The molecule has 0 amide bonds. The van der Waals surface area contributed by atoms with E-state index in [1.165, 1.54) is 17.5 Å². The van der Waals surface area contributed by atoms with Crippen LogP contribution in [0.4, 0.5) is 4.79 Å². The summed E-state index contributed by atoms with van der Waals surface area (Å²) in [6.45, 7) is 0. The number of ether oxygens (including phenoxy) is 1. The van der Waals surface area contributed by atoms with Crippen molar-refractivity contribution >= 4 is 23.8 Å². The highest BCUT2D eigenvalue weighted by Gasteiger charge is 2.14. The molecule has 0 unspecified atom stereocenters. The number of rotatable bonds is 1. The Balaban J connectivity index is 2.23. The molecule has 78 valence electrons. The van der Waals surface area contributed by atoms with Gasteiger partial charge >= 0.3 is 5.30 Å². The minimum Gasteiger partial charge on any atom is -0.367 e. The molecular weight excluding hydrogens is 210 g/mol. The predicted octanol–water partition coefficient (Wildman–Crippen LogP) is 1.65. The van der Waals surface area contributed by atoms with Crippen LogP contribution in [0.1, 0.15) is 23.1 Å². The van der Waals surface area contributed by atoms with Gasteiger partial charge in [0, 0.05) is 5.56 Å². The molecule has 0 fully saturated rings. The van der Waals surface area contributed by atoms with Gasteiger partial charge in [-0.1, -0.05) is 6.07 Å². The van der Waals surface area contributed by atoms with Crippen LogP contribution in [-0.2, 0) is 30.2 Å². The Labute approximate surface area is 93.4 Å². The van der Waals surface area contributed by atoms with Gasteiger partial charge in [-0.05, 0) is 42.5 Å². The lowest BCUT2D eigenvalue weighted by Crippen LogP contribution is -2.09. The third-order valence-electron chi connectivity index (χ3n) is 2.56. The molecule has 1 aliphatic rings. The molecule has 0 atom stereocenters. The summed E-state index contributed by atoms with van der Waals surface area (Å²) in [6.07, 6.45) is 3.34. The molecule has 0 bridgehead atoms. The first kappa shape index (κ1) is 10.2. The molecule has 1 aliphatic carbocycles.